The first-order chi connectivity index (χ1) is 12.6. The number of aryl methyl sites for hydroxylation is 1. The first-order valence-corrected chi connectivity index (χ1v) is 8.61. The molecule has 0 fully saturated rings. The molecule has 1 aliphatic rings. The zero-order valence-electron chi connectivity index (χ0n) is 15.6. The van der Waals surface area contributed by atoms with E-state index in [-0.39, 0.29) is 19.8 Å². The second-order valence-electron chi connectivity index (χ2n) is 6.10. The van der Waals surface area contributed by atoms with Crippen LogP contribution in [-0.2, 0) is 20.3 Å². The van der Waals surface area contributed by atoms with Crippen molar-refractivity contribution in [2.24, 2.45) is 7.05 Å². The van der Waals surface area contributed by atoms with Crippen molar-refractivity contribution in [2.75, 3.05) is 26.7 Å². The molecule has 0 unspecified atom stereocenters. The molecule has 2 aromatic rings. The van der Waals surface area contributed by atoms with Crippen LogP contribution < -0.4 is 4.57 Å². The van der Waals surface area contributed by atoms with Gasteiger partial charge in [-0.1, -0.05) is 12.1 Å². The molecule has 0 amide bonds. The summed E-state index contributed by atoms with van der Waals surface area (Å²) in [7, 11) is 4.00. The van der Waals surface area contributed by atoms with Gasteiger partial charge in [0.05, 0.1) is 19.8 Å². The fraction of sp³-hybridized carbons (Fsp3) is 0.400. The lowest BCUT2D eigenvalue weighted by Gasteiger charge is -2.21. The standard InChI is InChI=1S/C7H13NO.C7H10NO.C6H7NO/c2*1-8-4-2-3-7(5-8)6-9;8-5-6-2-1-3-7-4-6/h3,9H,2,4-6H2,1H3;2-5,9H,6H2,1H3;1-4,8H,5H2/q;+1;. The number of likely N-dealkylation sites (N-methyl/N-ethyl adjacent to an activating group) is 1. The third kappa shape index (κ3) is 9.39. The van der Waals surface area contributed by atoms with Gasteiger partial charge in [0.1, 0.15) is 7.05 Å². The van der Waals surface area contributed by atoms with Crippen LogP contribution in [0.1, 0.15) is 17.5 Å². The number of aromatic nitrogens is 2. The van der Waals surface area contributed by atoms with Crippen LogP contribution >= 0.6 is 0 Å². The predicted molar refractivity (Wildman–Crippen MR) is 101 cm³/mol. The summed E-state index contributed by atoms with van der Waals surface area (Å²) in [5.74, 6) is 0. The molecule has 0 bridgehead atoms. The molecule has 0 saturated carbocycles. The van der Waals surface area contributed by atoms with Gasteiger partial charge in [-0.25, -0.2) is 4.57 Å². The summed E-state index contributed by atoms with van der Waals surface area (Å²) in [4.78, 5) is 6.01. The molecule has 3 N–H and O–H groups in total. The third-order valence-electron chi connectivity index (χ3n) is 3.71. The topological polar surface area (TPSA) is 80.7 Å². The fourth-order valence-corrected chi connectivity index (χ4v) is 2.33. The van der Waals surface area contributed by atoms with E-state index in [1.54, 1.807) is 18.5 Å². The predicted octanol–water partition coefficient (Wildman–Crippen LogP) is 0.818. The number of hydrogen-bond acceptors (Lipinski definition) is 5. The second kappa shape index (κ2) is 13.1. The second-order valence-corrected chi connectivity index (χ2v) is 6.10. The maximum Gasteiger partial charge on any atom is 0.174 e. The lowest BCUT2D eigenvalue weighted by atomic mass is 10.1. The molecule has 0 aromatic carbocycles. The Morgan fingerprint density at radius 2 is 1.81 bits per heavy atom. The van der Waals surface area contributed by atoms with Gasteiger partial charge in [-0.2, -0.15) is 0 Å². The van der Waals surface area contributed by atoms with E-state index < -0.39 is 0 Å². The Kier molecular flexibility index (Phi) is 11.1. The largest absolute Gasteiger partial charge is 0.392 e. The van der Waals surface area contributed by atoms with Crippen molar-refractivity contribution >= 4 is 0 Å². The van der Waals surface area contributed by atoms with Crippen molar-refractivity contribution in [1.29, 1.82) is 0 Å². The van der Waals surface area contributed by atoms with Crippen molar-refractivity contribution in [1.82, 2.24) is 9.88 Å². The number of hydrogen-bond donors (Lipinski definition) is 3. The molecule has 0 saturated heterocycles. The van der Waals surface area contributed by atoms with Gasteiger partial charge < -0.3 is 20.2 Å². The highest BCUT2D eigenvalue weighted by Crippen LogP contribution is 2.05. The summed E-state index contributed by atoms with van der Waals surface area (Å²) < 4.78 is 1.91. The van der Waals surface area contributed by atoms with Gasteiger partial charge in [-0.05, 0) is 36.7 Å². The zero-order chi connectivity index (χ0) is 19.2. The van der Waals surface area contributed by atoms with Gasteiger partial charge in [0.15, 0.2) is 12.4 Å². The molecule has 0 radical (unpaired) electrons. The maximum atomic E-state index is 8.71. The van der Waals surface area contributed by atoms with E-state index >= 15 is 0 Å². The molecule has 0 aliphatic carbocycles. The highest BCUT2D eigenvalue weighted by Gasteiger charge is 2.05. The number of nitrogens with zero attached hydrogens (tertiary/aromatic N) is 3. The average Bonchev–Trinajstić information content (AvgIpc) is 2.69. The molecule has 3 rings (SSSR count). The van der Waals surface area contributed by atoms with E-state index in [9.17, 15) is 0 Å². The van der Waals surface area contributed by atoms with Crippen molar-refractivity contribution in [3.8, 4) is 0 Å². The van der Waals surface area contributed by atoms with Gasteiger partial charge in [-0.15, -0.1) is 0 Å². The molecule has 0 atom stereocenters. The highest BCUT2D eigenvalue weighted by molar-refractivity contribution is 5.07. The van der Waals surface area contributed by atoms with E-state index in [2.05, 4.69) is 23.0 Å². The quantitative estimate of drug-likeness (QED) is 0.558. The van der Waals surface area contributed by atoms with E-state index in [4.69, 9.17) is 15.3 Å². The Morgan fingerprint density at radius 1 is 1.08 bits per heavy atom. The van der Waals surface area contributed by atoms with Crippen LogP contribution in [0.25, 0.3) is 0 Å². The molecule has 1 aliphatic heterocycles. The number of aliphatic hydroxyl groups is 3. The van der Waals surface area contributed by atoms with Crippen LogP contribution in [0.5, 0.6) is 0 Å². The molecule has 3 heterocycles. The first kappa shape index (κ1) is 21.9. The zero-order valence-corrected chi connectivity index (χ0v) is 15.6. The van der Waals surface area contributed by atoms with Crippen molar-refractivity contribution in [3.63, 3.8) is 0 Å². The molecule has 6 heteroatoms. The van der Waals surface area contributed by atoms with E-state index in [0.29, 0.717) is 0 Å². The lowest BCUT2D eigenvalue weighted by Crippen LogP contribution is -2.26. The summed E-state index contributed by atoms with van der Waals surface area (Å²) in [6.45, 7) is 2.49. The van der Waals surface area contributed by atoms with Crippen molar-refractivity contribution in [2.45, 2.75) is 19.6 Å². The Balaban J connectivity index is 0.000000195. The maximum absolute atomic E-state index is 8.71. The molecule has 26 heavy (non-hydrogen) atoms. The minimum Gasteiger partial charge on any atom is -0.392 e. The van der Waals surface area contributed by atoms with Gasteiger partial charge in [0.2, 0.25) is 0 Å². The van der Waals surface area contributed by atoms with E-state index in [1.165, 1.54) is 0 Å². The van der Waals surface area contributed by atoms with Gasteiger partial charge in [-0.3, -0.25) is 4.98 Å². The van der Waals surface area contributed by atoms with Crippen LogP contribution in [0, 0.1) is 0 Å². The Hall–Kier alpha value is -2.12. The molecule has 0 spiro atoms. The van der Waals surface area contributed by atoms with Gasteiger partial charge in [0.25, 0.3) is 0 Å². The van der Waals surface area contributed by atoms with Crippen LogP contribution in [0.2, 0.25) is 0 Å². The van der Waals surface area contributed by atoms with Crippen molar-refractivity contribution in [3.05, 3.63) is 71.8 Å². The summed E-state index contributed by atoms with van der Waals surface area (Å²) in [5.41, 5.74) is 2.95. The molecule has 6 nitrogen and oxygen atoms in total. The first-order valence-electron chi connectivity index (χ1n) is 8.61. The fourth-order valence-electron chi connectivity index (χ4n) is 2.33. The van der Waals surface area contributed by atoms with Crippen molar-refractivity contribution < 1.29 is 19.9 Å². The Morgan fingerprint density at radius 3 is 2.23 bits per heavy atom. The van der Waals surface area contributed by atoms with Crippen LogP contribution in [0.3, 0.4) is 0 Å². The SMILES string of the molecule is CN1CCC=C(CO)C1.C[n+]1cccc(CO)c1.OCc1cccnc1. The summed E-state index contributed by atoms with van der Waals surface area (Å²) in [5, 5.41) is 25.9. The smallest absolute Gasteiger partial charge is 0.174 e. The summed E-state index contributed by atoms with van der Waals surface area (Å²) >= 11 is 0. The van der Waals surface area contributed by atoms with E-state index in [0.717, 1.165) is 36.2 Å². The van der Waals surface area contributed by atoms with Crippen LogP contribution in [-0.4, -0.2) is 51.9 Å². The Bertz CT molecular complexity index is 648. The number of aliphatic hydroxyl groups excluding tert-OH is 3. The Labute approximate surface area is 155 Å². The minimum absolute atomic E-state index is 0.0772. The van der Waals surface area contributed by atoms with Crippen LogP contribution in [0.15, 0.2) is 60.7 Å². The van der Waals surface area contributed by atoms with Gasteiger partial charge >= 0.3 is 0 Å². The molecular weight excluding hydrogens is 330 g/mol. The number of pyridine rings is 2. The van der Waals surface area contributed by atoms with Crippen LogP contribution in [0.4, 0.5) is 0 Å². The summed E-state index contributed by atoms with van der Waals surface area (Å²) in [6, 6.07) is 7.42. The third-order valence-corrected chi connectivity index (χ3v) is 3.71. The highest BCUT2D eigenvalue weighted by atomic mass is 16.3. The number of rotatable bonds is 3. The molecule has 142 valence electrons. The summed E-state index contributed by atoms with van der Waals surface area (Å²) in [6.07, 6.45) is 10.4. The normalized spacial score (nSPS) is 13.7. The lowest BCUT2D eigenvalue weighted by molar-refractivity contribution is -0.672. The monoisotopic (exact) mass is 360 g/mol. The van der Waals surface area contributed by atoms with E-state index in [1.807, 2.05) is 42.2 Å². The minimum atomic E-state index is 0.0772. The average molecular weight is 360 g/mol. The van der Waals surface area contributed by atoms with Gasteiger partial charge in [0, 0.05) is 37.1 Å². The molecular formula is C20H30N3O3+. The molecule has 2 aromatic heterocycles.